The van der Waals surface area contributed by atoms with Crippen molar-refractivity contribution in [1.82, 2.24) is 0 Å². The zero-order valence-corrected chi connectivity index (χ0v) is 6.38. The lowest BCUT2D eigenvalue weighted by molar-refractivity contribution is 0.0698. The van der Waals surface area contributed by atoms with Crippen molar-refractivity contribution in [3.05, 3.63) is 34.2 Å². The van der Waals surface area contributed by atoms with E-state index in [1.165, 1.54) is 12.1 Å². The lowest BCUT2D eigenvalue weighted by Crippen LogP contribution is -1.95. The van der Waals surface area contributed by atoms with E-state index in [1.54, 1.807) is 0 Å². The molecule has 0 aliphatic carbocycles. The van der Waals surface area contributed by atoms with Crippen LogP contribution >= 0.6 is 0 Å². The van der Waals surface area contributed by atoms with Crippen molar-refractivity contribution in [3.8, 4) is 5.75 Å². The maximum Gasteiger partial charge on any atom is 0.336 e. The molecule has 0 aromatic heterocycles. The Balaban J connectivity index is 3.34. The molecular weight excluding hydrogens is 174 g/mol. The van der Waals surface area contributed by atoms with Gasteiger partial charge in [-0.25, -0.2) is 4.79 Å². The number of carboxylic acid groups (broad SMARTS) is 1. The van der Waals surface area contributed by atoms with E-state index < -0.39 is 5.97 Å². The average molecular weight is 179 g/mol. The SMILES string of the molecule is [N-]=[N+]=Nc1cc(O)ccc1C(=O)O. The normalized spacial score (nSPS) is 8.92. The molecule has 0 fully saturated rings. The van der Waals surface area contributed by atoms with Gasteiger partial charge in [-0.3, -0.25) is 0 Å². The number of phenols is 1. The summed E-state index contributed by atoms with van der Waals surface area (Å²) in [7, 11) is 0. The Morgan fingerprint density at radius 1 is 1.54 bits per heavy atom. The molecule has 6 heteroatoms. The summed E-state index contributed by atoms with van der Waals surface area (Å²) in [5, 5.41) is 20.7. The number of hydrogen-bond donors (Lipinski definition) is 2. The highest BCUT2D eigenvalue weighted by Crippen LogP contribution is 2.24. The predicted octanol–water partition coefficient (Wildman–Crippen LogP) is 2.03. The highest BCUT2D eigenvalue weighted by Gasteiger charge is 2.08. The van der Waals surface area contributed by atoms with Crippen molar-refractivity contribution in [2.24, 2.45) is 5.11 Å². The monoisotopic (exact) mass is 179 g/mol. The van der Waals surface area contributed by atoms with Crippen LogP contribution in [0.3, 0.4) is 0 Å². The molecule has 0 unspecified atom stereocenters. The number of benzene rings is 1. The van der Waals surface area contributed by atoms with Gasteiger partial charge in [0.25, 0.3) is 0 Å². The topological polar surface area (TPSA) is 106 Å². The molecule has 0 bridgehead atoms. The summed E-state index contributed by atoms with van der Waals surface area (Å²) in [6, 6.07) is 3.46. The quantitative estimate of drug-likeness (QED) is 0.412. The average Bonchev–Trinajstić information content (AvgIpc) is 2.04. The van der Waals surface area contributed by atoms with Gasteiger partial charge in [0.05, 0.1) is 11.3 Å². The minimum absolute atomic E-state index is 0.102. The third-order valence-electron chi connectivity index (χ3n) is 1.36. The highest BCUT2D eigenvalue weighted by molar-refractivity contribution is 5.93. The Bertz CT molecular complexity index is 396. The highest BCUT2D eigenvalue weighted by atomic mass is 16.4. The van der Waals surface area contributed by atoms with Crippen molar-refractivity contribution < 1.29 is 15.0 Å². The van der Waals surface area contributed by atoms with Crippen molar-refractivity contribution in [1.29, 1.82) is 0 Å². The molecule has 0 saturated carbocycles. The van der Waals surface area contributed by atoms with Crippen molar-refractivity contribution in [2.45, 2.75) is 0 Å². The first-order valence-electron chi connectivity index (χ1n) is 3.26. The number of aromatic hydroxyl groups is 1. The lowest BCUT2D eigenvalue weighted by atomic mass is 10.2. The Kier molecular flexibility index (Phi) is 2.37. The molecule has 1 aromatic carbocycles. The van der Waals surface area contributed by atoms with Gasteiger partial charge >= 0.3 is 5.97 Å². The first kappa shape index (κ1) is 8.89. The van der Waals surface area contributed by atoms with Crippen LogP contribution in [0, 0.1) is 0 Å². The number of azide groups is 1. The van der Waals surface area contributed by atoms with Crippen LogP contribution in [0.25, 0.3) is 10.4 Å². The number of hydrogen-bond acceptors (Lipinski definition) is 3. The Hall–Kier alpha value is -2.20. The Morgan fingerprint density at radius 3 is 2.77 bits per heavy atom. The van der Waals surface area contributed by atoms with E-state index in [1.807, 2.05) is 0 Å². The van der Waals surface area contributed by atoms with Crippen LogP contribution in [-0.2, 0) is 0 Å². The summed E-state index contributed by atoms with van der Waals surface area (Å²) in [6.07, 6.45) is 0. The third kappa shape index (κ3) is 1.88. The molecule has 13 heavy (non-hydrogen) atoms. The van der Waals surface area contributed by atoms with Gasteiger partial charge in [0, 0.05) is 4.91 Å². The van der Waals surface area contributed by atoms with Crippen molar-refractivity contribution >= 4 is 11.7 Å². The fourth-order valence-corrected chi connectivity index (χ4v) is 0.832. The lowest BCUT2D eigenvalue weighted by Gasteiger charge is -1.99. The Morgan fingerprint density at radius 2 is 2.23 bits per heavy atom. The van der Waals surface area contributed by atoms with Gasteiger partial charge in [0.1, 0.15) is 5.75 Å². The molecule has 1 rings (SSSR count). The van der Waals surface area contributed by atoms with Crippen molar-refractivity contribution in [3.63, 3.8) is 0 Å². The zero-order chi connectivity index (χ0) is 9.84. The first-order chi connectivity index (χ1) is 6.15. The second-order valence-electron chi connectivity index (χ2n) is 2.20. The minimum atomic E-state index is -1.21. The van der Waals surface area contributed by atoms with E-state index in [-0.39, 0.29) is 17.0 Å². The second kappa shape index (κ2) is 3.46. The summed E-state index contributed by atoms with van der Waals surface area (Å²) in [4.78, 5) is 13.0. The summed E-state index contributed by atoms with van der Waals surface area (Å²) in [5.74, 6) is -1.35. The molecule has 6 nitrogen and oxygen atoms in total. The molecule has 1 aromatic rings. The van der Waals surface area contributed by atoms with Gasteiger partial charge in [0.15, 0.2) is 0 Å². The van der Waals surface area contributed by atoms with Gasteiger partial charge in [-0.15, -0.1) is 0 Å². The van der Waals surface area contributed by atoms with E-state index >= 15 is 0 Å². The van der Waals surface area contributed by atoms with E-state index in [4.69, 9.17) is 15.7 Å². The summed E-state index contributed by atoms with van der Waals surface area (Å²) in [6.45, 7) is 0. The molecule has 0 amide bonds. The van der Waals surface area contributed by atoms with Gasteiger partial charge in [-0.1, -0.05) is 5.11 Å². The molecule has 2 N–H and O–H groups in total. The molecule has 0 heterocycles. The Labute approximate surface area is 72.7 Å². The zero-order valence-electron chi connectivity index (χ0n) is 6.38. The molecule has 0 aliphatic heterocycles. The van der Waals surface area contributed by atoms with E-state index in [0.29, 0.717) is 0 Å². The van der Waals surface area contributed by atoms with E-state index in [2.05, 4.69) is 10.0 Å². The van der Waals surface area contributed by atoms with Gasteiger partial charge in [-0.2, -0.15) is 0 Å². The largest absolute Gasteiger partial charge is 0.508 e. The molecule has 0 radical (unpaired) electrons. The number of nitrogens with zero attached hydrogens (tertiary/aromatic N) is 3. The minimum Gasteiger partial charge on any atom is -0.508 e. The predicted molar refractivity (Wildman–Crippen MR) is 43.9 cm³/mol. The molecule has 0 spiro atoms. The van der Waals surface area contributed by atoms with Gasteiger partial charge < -0.3 is 10.2 Å². The van der Waals surface area contributed by atoms with Crippen LogP contribution in [-0.4, -0.2) is 16.2 Å². The van der Waals surface area contributed by atoms with Crippen LogP contribution in [0.5, 0.6) is 5.75 Å². The maximum atomic E-state index is 10.5. The summed E-state index contributed by atoms with van der Waals surface area (Å²) in [5.41, 5.74) is 7.86. The second-order valence-corrected chi connectivity index (χ2v) is 2.20. The molecule has 0 aliphatic rings. The summed E-state index contributed by atoms with van der Waals surface area (Å²) >= 11 is 0. The number of carbonyl (C=O) groups is 1. The number of rotatable bonds is 2. The van der Waals surface area contributed by atoms with E-state index in [0.717, 1.165) is 6.07 Å². The molecule has 66 valence electrons. The molecule has 0 atom stereocenters. The summed E-state index contributed by atoms with van der Waals surface area (Å²) < 4.78 is 0. The smallest absolute Gasteiger partial charge is 0.336 e. The van der Waals surface area contributed by atoms with Crippen LogP contribution in [0.1, 0.15) is 10.4 Å². The molecular formula is C7H5N3O3. The van der Waals surface area contributed by atoms with Gasteiger partial charge in [0.2, 0.25) is 0 Å². The third-order valence-corrected chi connectivity index (χ3v) is 1.36. The fraction of sp³-hybridized carbons (Fsp3) is 0. The maximum absolute atomic E-state index is 10.5. The van der Waals surface area contributed by atoms with Crippen LogP contribution < -0.4 is 0 Å². The first-order valence-corrected chi connectivity index (χ1v) is 3.26. The van der Waals surface area contributed by atoms with Gasteiger partial charge in [-0.05, 0) is 23.7 Å². The molecule has 0 saturated heterocycles. The number of aromatic carboxylic acids is 1. The van der Waals surface area contributed by atoms with Crippen molar-refractivity contribution in [2.75, 3.05) is 0 Å². The van der Waals surface area contributed by atoms with Crippen LogP contribution in [0.4, 0.5) is 5.69 Å². The fourth-order valence-electron chi connectivity index (χ4n) is 0.832. The standard InChI is InChI=1S/C7H5N3O3/c8-10-9-6-3-4(11)1-2-5(6)7(12)13/h1-3,11H,(H,12,13). The van der Waals surface area contributed by atoms with Crippen LogP contribution in [0.15, 0.2) is 23.3 Å². The number of carboxylic acids is 1. The van der Waals surface area contributed by atoms with Crippen LogP contribution in [0.2, 0.25) is 0 Å². The number of phenolic OH excluding ortho intramolecular Hbond substituents is 1. The van der Waals surface area contributed by atoms with E-state index in [9.17, 15) is 4.79 Å².